The Labute approximate surface area is 108 Å². The Bertz CT molecular complexity index is 307. The van der Waals surface area contributed by atoms with Crippen molar-refractivity contribution in [2.75, 3.05) is 38.3 Å². The van der Waals surface area contributed by atoms with Crippen LogP contribution in [0.3, 0.4) is 0 Å². The lowest BCUT2D eigenvalue weighted by Crippen LogP contribution is -2.23. The number of nitrogens with one attached hydrogen (secondary N) is 1. The first-order valence-corrected chi connectivity index (χ1v) is 7.32. The summed E-state index contributed by atoms with van der Waals surface area (Å²) in [6.45, 7) is 5.18. The van der Waals surface area contributed by atoms with Gasteiger partial charge in [-0.2, -0.15) is 11.8 Å². The molecule has 4 heteroatoms. The van der Waals surface area contributed by atoms with Crippen molar-refractivity contribution in [1.29, 1.82) is 0 Å². The van der Waals surface area contributed by atoms with E-state index in [1.165, 1.54) is 0 Å². The van der Waals surface area contributed by atoms with Gasteiger partial charge in [0.05, 0.1) is 6.61 Å². The molecule has 96 valence electrons. The van der Waals surface area contributed by atoms with E-state index in [9.17, 15) is 0 Å². The Balaban J connectivity index is 2.25. The van der Waals surface area contributed by atoms with Gasteiger partial charge in [0.15, 0.2) is 11.5 Å². The van der Waals surface area contributed by atoms with E-state index in [2.05, 4.69) is 11.6 Å². The van der Waals surface area contributed by atoms with Gasteiger partial charge in [-0.25, -0.2) is 0 Å². The SMILES string of the molecule is CCOc1ccccc1OCCNCCSC. The number of ether oxygens (including phenoxy) is 2. The van der Waals surface area contributed by atoms with Crippen LogP contribution >= 0.6 is 11.8 Å². The Kier molecular flexibility index (Phi) is 7.67. The van der Waals surface area contributed by atoms with Crippen molar-refractivity contribution in [3.8, 4) is 11.5 Å². The van der Waals surface area contributed by atoms with Gasteiger partial charge in [0, 0.05) is 18.8 Å². The number of para-hydroxylation sites is 2. The number of hydrogen-bond acceptors (Lipinski definition) is 4. The van der Waals surface area contributed by atoms with Crippen LogP contribution in [0.5, 0.6) is 11.5 Å². The lowest BCUT2D eigenvalue weighted by Gasteiger charge is -2.11. The molecule has 0 saturated heterocycles. The largest absolute Gasteiger partial charge is 0.490 e. The second-order valence-corrected chi connectivity index (χ2v) is 4.46. The summed E-state index contributed by atoms with van der Waals surface area (Å²) in [7, 11) is 0. The summed E-state index contributed by atoms with van der Waals surface area (Å²) in [6.07, 6.45) is 2.11. The van der Waals surface area contributed by atoms with Crippen molar-refractivity contribution in [1.82, 2.24) is 5.32 Å². The number of benzene rings is 1. The molecule has 1 aromatic rings. The molecule has 3 nitrogen and oxygen atoms in total. The highest BCUT2D eigenvalue weighted by molar-refractivity contribution is 7.98. The van der Waals surface area contributed by atoms with E-state index in [4.69, 9.17) is 9.47 Å². The summed E-state index contributed by atoms with van der Waals surface area (Å²) in [5.41, 5.74) is 0. The molecule has 1 rings (SSSR count). The molecule has 0 bridgehead atoms. The van der Waals surface area contributed by atoms with Crippen LogP contribution in [0.2, 0.25) is 0 Å². The van der Waals surface area contributed by atoms with Crippen molar-refractivity contribution >= 4 is 11.8 Å². The molecule has 0 fully saturated rings. The van der Waals surface area contributed by atoms with Crippen LogP contribution in [0.15, 0.2) is 24.3 Å². The first-order chi connectivity index (χ1) is 8.38. The average molecular weight is 255 g/mol. The van der Waals surface area contributed by atoms with Gasteiger partial charge in [-0.1, -0.05) is 12.1 Å². The maximum atomic E-state index is 5.68. The standard InChI is InChI=1S/C13H21NO2S/c1-3-15-12-6-4-5-7-13(12)16-10-8-14-9-11-17-2/h4-7,14H,3,8-11H2,1-2H3. The molecule has 0 saturated carbocycles. The van der Waals surface area contributed by atoms with Gasteiger partial charge in [0.2, 0.25) is 0 Å². The van der Waals surface area contributed by atoms with E-state index in [1.54, 1.807) is 0 Å². The lowest BCUT2D eigenvalue weighted by atomic mass is 10.3. The van der Waals surface area contributed by atoms with Crippen molar-refractivity contribution in [3.63, 3.8) is 0 Å². The molecule has 0 aliphatic rings. The van der Waals surface area contributed by atoms with E-state index in [0.717, 1.165) is 30.3 Å². The second-order valence-electron chi connectivity index (χ2n) is 3.47. The Morgan fingerprint density at radius 3 is 2.47 bits per heavy atom. The maximum absolute atomic E-state index is 5.68. The monoisotopic (exact) mass is 255 g/mol. The number of hydrogen-bond donors (Lipinski definition) is 1. The number of rotatable bonds is 9. The highest BCUT2D eigenvalue weighted by Gasteiger charge is 2.02. The van der Waals surface area contributed by atoms with E-state index < -0.39 is 0 Å². The zero-order chi connectivity index (χ0) is 12.3. The summed E-state index contributed by atoms with van der Waals surface area (Å²) in [6, 6.07) is 7.78. The molecule has 1 N–H and O–H groups in total. The predicted molar refractivity (Wildman–Crippen MR) is 74.4 cm³/mol. The molecule has 0 aromatic heterocycles. The van der Waals surface area contributed by atoms with Crippen LogP contribution in [-0.4, -0.2) is 38.3 Å². The summed E-state index contributed by atoms with van der Waals surface area (Å²) in [4.78, 5) is 0. The first kappa shape index (κ1) is 14.2. The van der Waals surface area contributed by atoms with Crippen LogP contribution in [0.25, 0.3) is 0 Å². The molecule has 0 radical (unpaired) electrons. The van der Waals surface area contributed by atoms with E-state index >= 15 is 0 Å². The third-order valence-electron chi connectivity index (χ3n) is 2.17. The summed E-state index contributed by atoms with van der Waals surface area (Å²) < 4.78 is 11.2. The van der Waals surface area contributed by atoms with Crippen LogP contribution in [0.1, 0.15) is 6.92 Å². The van der Waals surface area contributed by atoms with Crippen molar-refractivity contribution in [2.24, 2.45) is 0 Å². The number of thioether (sulfide) groups is 1. The van der Waals surface area contributed by atoms with Crippen LogP contribution in [0.4, 0.5) is 0 Å². The fourth-order valence-electron chi connectivity index (χ4n) is 1.38. The molecule has 0 amide bonds. The van der Waals surface area contributed by atoms with Crippen molar-refractivity contribution < 1.29 is 9.47 Å². The van der Waals surface area contributed by atoms with Crippen LogP contribution in [-0.2, 0) is 0 Å². The topological polar surface area (TPSA) is 30.5 Å². The van der Waals surface area contributed by atoms with Crippen LogP contribution in [0, 0.1) is 0 Å². The van der Waals surface area contributed by atoms with Gasteiger partial charge < -0.3 is 14.8 Å². The average Bonchev–Trinajstić information content (AvgIpc) is 2.36. The Morgan fingerprint density at radius 2 is 1.82 bits per heavy atom. The molecule has 0 atom stereocenters. The molecule has 0 unspecified atom stereocenters. The minimum Gasteiger partial charge on any atom is -0.490 e. The quantitative estimate of drug-likeness (QED) is 0.687. The van der Waals surface area contributed by atoms with Gasteiger partial charge in [0.25, 0.3) is 0 Å². The smallest absolute Gasteiger partial charge is 0.161 e. The lowest BCUT2D eigenvalue weighted by molar-refractivity contribution is 0.276. The van der Waals surface area contributed by atoms with Gasteiger partial charge in [-0.3, -0.25) is 0 Å². The van der Waals surface area contributed by atoms with E-state index in [-0.39, 0.29) is 0 Å². The third kappa shape index (κ3) is 5.84. The third-order valence-corrected chi connectivity index (χ3v) is 2.78. The molecule has 0 spiro atoms. The highest BCUT2D eigenvalue weighted by Crippen LogP contribution is 2.25. The predicted octanol–water partition coefficient (Wildman–Crippen LogP) is 2.42. The van der Waals surface area contributed by atoms with Gasteiger partial charge in [0.1, 0.15) is 6.61 Å². The summed E-state index contributed by atoms with van der Waals surface area (Å²) >= 11 is 1.84. The minimum atomic E-state index is 0.659. The van der Waals surface area contributed by atoms with Crippen molar-refractivity contribution in [3.05, 3.63) is 24.3 Å². The van der Waals surface area contributed by atoms with Gasteiger partial charge in [-0.05, 0) is 25.3 Å². The molecular weight excluding hydrogens is 234 g/mol. The van der Waals surface area contributed by atoms with Gasteiger partial charge in [-0.15, -0.1) is 0 Å². The first-order valence-electron chi connectivity index (χ1n) is 5.92. The fourth-order valence-corrected chi connectivity index (χ4v) is 1.73. The molecular formula is C13H21NO2S. The fraction of sp³-hybridized carbons (Fsp3) is 0.538. The Morgan fingerprint density at radius 1 is 1.12 bits per heavy atom. The van der Waals surface area contributed by atoms with E-state index in [1.807, 2.05) is 43.0 Å². The highest BCUT2D eigenvalue weighted by atomic mass is 32.2. The second kappa shape index (κ2) is 9.19. The molecule has 0 aliphatic carbocycles. The van der Waals surface area contributed by atoms with Crippen molar-refractivity contribution in [2.45, 2.75) is 6.92 Å². The zero-order valence-electron chi connectivity index (χ0n) is 10.6. The molecule has 1 aromatic carbocycles. The van der Waals surface area contributed by atoms with Crippen LogP contribution < -0.4 is 14.8 Å². The maximum Gasteiger partial charge on any atom is 0.161 e. The summed E-state index contributed by atoms with van der Waals surface area (Å²) in [5.74, 6) is 2.77. The molecule has 0 heterocycles. The van der Waals surface area contributed by atoms with Gasteiger partial charge >= 0.3 is 0 Å². The normalized spacial score (nSPS) is 10.2. The molecule has 17 heavy (non-hydrogen) atoms. The Hall–Kier alpha value is -0.870. The van der Waals surface area contributed by atoms with E-state index in [0.29, 0.717) is 13.2 Å². The summed E-state index contributed by atoms with van der Waals surface area (Å²) in [5, 5.41) is 3.32. The molecule has 0 aliphatic heterocycles. The minimum absolute atomic E-state index is 0.659. The zero-order valence-corrected chi connectivity index (χ0v) is 11.4.